The van der Waals surface area contributed by atoms with Crippen molar-refractivity contribution in [3.05, 3.63) is 82.3 Å². The van der Waals surface area contributed by atoms with Gasteiger partial charge < -0.3 is 4.42 Å². The van der Waals surface area contributed by atoms with Crippen LogP contribution < -0.4 is 5.56 Å². The third kappa shape index (κ3) is 2.70. The molecule has 0 amide bonds. The normalized spacial score (nSPS) is 11.0. The molecule has 0 saturated carbocycles. The summed E-state index contributed by atoms with van der Waals surface area (Å²) in [6.07, 6.45) is 3.13. The summed E-state index contributed by atoms with van der Waals surface area (Å²) in [6.45, 7) is 0.219. The molecule has 2 heterocycles. The van der Waals surface area contributed by atoms with Gasteiger partial charge in [0.2, 0.25) is 5.89 Å². The highest BCUT2D eigenvalue weighted by Gasteiger charge is 2.10. The standard InChI is InChI=1S/C18H12ClN3O2/c19-13-5-3-4-12(8-13)16-9-20-17(24-16)10-22-11-21-15-7-2-1-6-14(15)18(22)23/h1-9,11H,10H2. The van der Waals surface area contributed by atoms with E-state index >= 15 is 0 Å². The molecule has 2 aromatic heterocycles. The number of hydrogen-bond donors (Lipinski definition) is 0. The molecule has 118 valence electrons. The summed E-state index contributed by atoms with van der Waals surface area (Å²) in [7, 11) is 0. The molecule has 0 bridgehead atoms. The Labute approximate surface area is 142 Å². The molecular formula is C18H12ClN3O2. The molecule has 5 nitrogen and oxygen atoms in total. The molecule has 0 unspecified atom stereocenters. The number of rotatable bonds is 3. The highest BCUT2D eigenvalue weighted by molar-refractivity contribution is 6.30. The lowest BCUT2D eigenvalue weighted by Gasteiger charge is -2.03. The fraction of sp³-hybridized carbons (Fsp3) is 0.0556. The summed E-state index contributed by atoms with van der Waals surface area (Å²) in [5.74, 6) is 1.04. The summed E-state index contributed by atoms with van der Waals surface area (Å²) in [5.41, 5.74) is 1.39. The summed E-state index contributed by atoms with van der Waals surface area (Å²) in [5, 5.41) is 1.20. The van der Waals surface area contributed by atoms with Crippen LogP contribution in [0.4, 0.5) is 0 Å². The van der Waals surface area contributed by atoms with Crippen molar-refractivity contribution >= 4 is 22.5 Å². The van der Waals surface area contributed by atoms with E-state index in [2.05, 4.69) is 9.97 Å². The third-order valence-corrected chi connectivity index (χ3v) is 3.93. The van der Waals surface area contributed by atoms with Crippen LogP contribution in [0, 0.1) is 0 Å². The Morgan fingerprint density at radius 1 is 1.08 bits per heavy atom. The molecule has 0 radical (unpaired) electrons. The first kappa shape index (κ1) is 14.7. The van der Waals surface area contributed by atoms with Crippen LogP contribution in [0.25, 0.3) is 22.2 Å². The Hall–Kier alpha value is -2.92. The fourth-order valence-electron chi connectivity index (χ4n) is 2.52. The van der Waals surface area contributed by atoms with E-state index in [0.29, 0.717) is 27.6 Å². The maximum atomic E-state index is 12.5. The molecule has 0 saturated heterocycles. The number of fused-ring (bicyclic) bond motifs is 1. The monoisotopic (exact) mass is 337 g/mol. The smallest absolute Gasteiger partial charge is 0.261 e. The van der Waals surface area contributed by atoms with Crippen molar-refractivity contribution in [2.24, 2.45) is 0 Å². The maximum Gasteiger partial charge on any atom is 0.261 e. The van der Waals surface area contributed by atoms with Crippen LogP contribution in [0.2, 0.25) is 5.02 Å². The number of oxazole rings is 1. The minimum absolute atomic E-state index is 0.122. The summed E-state index contributed by atoms with van der Waals surface area (Å²) in [4.78, 5) is 21.0. The Morgan fingerprint density at radius 2 is 1.96 bits per heavy atom. The average Bonchev–Trinajstić information content (AvgIpc) is 3.06. The van der Waals surface area contributed by atoms with Gasteiger partial charge in [0.25, 0.3) is 5.56 Å². The molecule has 2 aromatic carbocycles. The van der Waals surface area contributed by atoms with Gasteiger partial charge in [0.15, 0.2) is 5.76 Å². The van der Waals surface area contributed by atoms with E-state index in [-0.39, 0.29) is 12.1 Å². The van der Waals surface area contributed by atoms with Crippen molar-refractivity contribution in [1.82, 2.24) is 14.5 Å². The minimum Gasteiger partial charge on any atom is -0.439 e. The highest BCUT2D eigenvalue weighted by atomic mass is 35.5. The lowest BCUT2D eigenvalue weighted by Crippen LogP contribution is -2.21. The molecule has 4 aromatic rings. The SMILES string of the molecule is O=c1c2ccccc2ncn1Cc1ncc(-c2cccc(Cl)c2)o1. The van der Waals surface area contributed by atoms with Gasteiger partial charge in [-0.25, -0.2) is 9.97 Å². The van der Waals surface area contributed by atoms with Crippen LogP contribution in [-0.4, -0.2) is 14.5 Å². The van der Waals surface area contributed by atoms with Crippen LogP contribution in [0.5, 0.6) is 0 Å². The molecule has 0 aliphatic carbocycles. The molecule has 0 aliphatic heterocycles. The quantitative estimate of drug-likeness (QED) is 0.571. The fourth-order valence-corrected chi connectivity index (χ4v) is 2.71. The zero-order chi connectivity index (χ0) is 16.5. The third-order valence-electron chi connectivity index (χ3n) is 3.70. The van der Waals surface area contributed by atoms with E-state index in [0.717, 1.165) is 5.56 Å². The van der Waals surface area contributed by atoms with E-state index in [1.54, 1.807) is 24.4 Å². The first-order chi connectivity index (χ1) is 11.7. The predicted octanol–water partition coefficient (Wildman–Crippen LogP) is 3.75. The Balaban J connectivity index is 1.67. The second-order valence-corrected chi connectivity index (χ2v) is 5.76. The van der Waals surface area contributed by atoms with Crippen molar-refractivity contribution in [1.29, 1.82) is 0 Å². The zero-order valence-corrected chi connectivity index (χ0v) is 13.3. The molecule has 6 heteroatoms. The van der Waals surface area contributed by atoms with Crippen molar-refractivity contribution in [2.45, 2.75) is 6.54 Å². The minimum atomic E-state index is -0.122. The molecule has 0 atom stereocenters. The zero-order valence-electron chi connectivity index (χ0n) is 12.5. The summed E-state index contributed by atoms with van der Waals surface area (Å²) >= 11 is 5.99. The van der Waals surface area contributed by atoms with Crippen LogP contribution in [0.1, 0.15) is 5.89 Å². The molecule has 0 N–H and O–H groups in total. The largest absolute Gasteiger partial charge is 0.439 e. The number of hydrogen-bond acceptors (Lipinski definition) is 4. The van der Waals surface area contributed by atoms with Crippen LogP contribution in [-0.2, 0) is 6.54 Å². The lowest BCUT2D eigenvalue weighted by atomic mass is 10.2. The van der Waals surface area contributed by atoms with E-state index in [4.69, 9.17) is 16.0 Å². The molecule has 4 rings (SSSR count). The molecule has 0 aliphatic rings. The number of benzene rings is 2. The van der Waals surface area contributed by atoms with Crippen molar-refractivity contribution < 1.29 is 4.42 Å². The first-order valence-electron chi connectivity index (χ1n) is 7.35. The lowest BCUT2D eigenvalue weighted by molar-refractivity contribution is 0.484. The summed E-state index contributed by atoms with van der Waals surface area (Å²) in [6, 6.07) is 14.6. The number of halogens is 1. The van der Waals surface area contributed by atoms with E-state index < -0.39 is 0 Å². The van der Waals surface area contributed by atoms with E-state index in [1.165, 1.54) is 10.9 Å². The summed E-state index contributed by atoms with van der Waals surface area (Å²) < 4.78 is 7.22. The first-order valence-corrected chi connectivity index (χ1v) is 7.73. The Bertz CT molecular complexity index is 1080. The maximum absolute atomic E-state index is 12.5. The number of para-hydroxylation sites is 1. The molecular weight excluding hydrogens is 326 g/mol. The second-order valence-electron chi connectivity index (χ2n) is 5.32. The van der Waals surface area contributed by atoms with Gasteiger partial charge in [0, 0.05) is 10.6 Å². The average molecular weight is 338 g/mol. The topological polar surface area (TPSA) is 60.9 Å². The van der Waals surface area contributed by atoms with Crippen molar-refractivity contribution in [3.63, 3.8) is 0 Å². The van der Waals surface area contributed by atoms with Gasteiger partial charge in [-0.05, 0) is 24.3 Å². The van der Waals surface area contributed by atoms with Crippen LogP contribution >= 0.6 is 11.6 Å². The predicted molar refractivity (Wildman–Crippen MR) is 92.1 cm³/mol. The molecule has 24 heavy (non-hydrogen) atoms. The van der Waals surface area contributed by atoms with Gasteiger partial charge in [-0.2, -0.15) is 0 Å². The number of aromatic nitrogens is 3. The van der Waals surface area contributed by atoms with E-state index in [1.807, 2.05) is 30.3 Å². The van der Waals surface area contributed by atoms with Gasteiger partial charge in [0.05, 0.1) is 23.4 Å². The van der Waals surface area contributed by atoms with Gasteiger partial charge in [0.1, 0.15) is 6.54 Å². The van der Waals surface area contributed by atoms with Crippen LogP contribution in [0.3, 0.4) is 0 Å². The van der Waals surface area contributed by atoms with Gasteiger partial charge in [-0.3, -0.25) is 9.36 Å². The van der Waals surface area contributed by atoms with Crippen molar-refractivity contribution in [3.8, 4) is 11.3 Å². The Kier molecular flexibility index (Phi) is 3.63. The molecule has 0 spiro atoms. The highest BCUT2D eigenvalue weighted by Crippen LogP contribution is 2.23. The van der Waals surface area contributed by atoms with E-state index in [9.17, 15) is 4.79 Å². The second kappa shape index (κ2) is 5.94. The van der Waals surface area contributed by atoms with Gasteiger partial charge in [-0.15, -0.1) is 0 Å². The number of nitrogens with zero attached hydrogens (tertiary/aromatic N) is 3. The van der Waals surface area contributed by atoms with Crippen molar-refractivity contribution in [2.75, 3.05) is 0 Å². The molecule has 0 fully saturated rings. The van der Waals surface area contributed by atoms with Crippen LogP contribution in [0.15, 0.2) is 70.3 Å². The van der Waals surface area contributed by atoms with Gasteiger partial charge in [-0.1, -0.05) is 35.9 Å². The Morgan fingerprint density at radius 3 is 2.83 bits per heavy atom. The van der Waals surface area contributed by atoms with Gasteiger partial charge >= 0.3 is 0 Å².